The number of pyridine rings is 1. The van der Waals surface area contributed by atoms with Gasteiger partial charge in [-0.3, -0.25) is 4.98 Å². The van der Waals surface area contributed by atoms with Gasteiger partial charge in [0.25, 0.3) is 0 Å². The van der Waals surface area contributed by atoms with Crippen LogP contribution in [0.3, 0.4) is 0 Å². The van der Waals surface area contributed by atoms with Crippen LogP contribution in [-0.4, -0.2) is 30.0 Å². The molecule has 0 amide bonds. The zero-order valence-corrected chi connectivity index (χ0v) is 10.8. The Hall–Kier alpha value is -1.30. The van der Waals surface area contributed by atoms with Crippen molar-refractivity contribution in [1.29, 1.82) is 0 Å². The van der Waals surface area contributed by atoms with Gasteiger partial charge in [-0.2, -0.15) is 13.1 Å². The molecule has 0 aliphatic carbocycles. The van der Waals surface area contributed by atoms with E-state index in [2.05, 4.69) is 4.98 Å². The molecule has 2 N–H and O–H groups in total. The van der Waals surface area contributed by atoms with Crippen molar-refractivity contribution in [3.05, 3.63) is 41.1 Å². The Morgan fingerprint density at radius 1 is 1.12 bits per heavy atom. The molecule has 0 aliphatic rings. The first-order chi connectivity index (χ1) is 7.54. The maximum atomic E-state index is 10.3. The fraction of sp³-hybridized carbons (Fsp3) is 0.222. The van der Waals surface area contributed by atoms with Crippen LogP contribution in [0.5, 0.6) is 0 Å². The van der Waals surface area contributed by atoms with E-state index in [-0.39, 0.29) is 34.2 Å². The fourth-order valence-electron chi connectivity index (χ4n) is 0.735. The summed E-state index contributed by atoms with van der Waals surface area (Å²) in [6.45, 7) is 0.472. The minimum Gasteiger partial charge on any atom is -0.679 e. The molecule has 0 saturated heterocycles. The van der Waals surface area contributed by atoms with Gasteiger partial charge >= 0.3 is 21.1 Å². The second-order valence-electron chi connectivity index (χ2n) is 2.50. The summed E-state index contributed by atoms with van der Waals surface area (Å²) in [5.41, 5.74) is 11.6. The van der Waals surface area contributed by atoms with Gasteiger partial charge in [0, 0.05) is 23.5 Å². The maximum absolute atomic E-state index is 10.3. The SMILES string of the molecule is O=C([O-])c1ccncc1C(=O)[O-].[NH-]CC[NH-].[Pt+4]. The van der Waals surface area contributed by atoms with Crippen LogP contribution in [0.1, 0.15) is 20.7 Å². The Kier molecular flexibility index (Phi) is 10.5. The predicted octanol–water partition coefficient (Wildman–Crippen LogP) is -1.10. The summed E-state index contributed by atoms with van der Waals surface area (Å²) >= 11 is 0. The number of hydrogen-bond acceptors (Lipinski definition) is 5. The number of carboxylic acids is 2. The molecular weight excluding hydrogens is 409 g/mol. The van der Waals surface area contributed by atoms with E-state index in [0.717, 1.165) is 18.5 Å². The van der Waals surface area contributed by atoms with Gasteiger partial charge in [-0.25, -0.2) is 0 Å². The molecule has 0 aliphatic heterocycles. The first kappa shape index (κ1) is 18.1. The van der Waals surface area contributed by atoms with Gasteiger partial charge in [-0.15, -0.1) is 0 Å². The second kappa shape index (κ2) is 9.89. The van der Waals surface area contributed by atoms with Crippen molar-refractivity contribution in [2.45, 2.75) is 0 Å². The van der Waals surface area contributed by atoms with Crippen LogP contribution in [0.2, 0.25) is 0 Å². The van der Waals surface area contributed by atoms with Crippen molar-refractivity contribution >= 4 is 11.9 Å². The molecule has 0 aromatic carbocycles. The van der Waals surface area contributed by atoms with E-state index in [1.54, 1.807) is 0 Å². The number of carboxylic acid groups (broad SMARTS) is 2. The summed E-state index contributed by atoms with van der Waals surface area (Å²) in [6, 6.07) is 1.04. The number of carbonyl (C=O) groups is 2. The smallest absolute Gasteiger partial charge is 0.679 e. The monoisotopic (exact) mass is 418 g/mol. The molecular formula is C9H9N3O4Pt. The standard InChI is InChI=1S/C7H5NO4.C2H6N2.Pt/c9-6(10)4-1-2-8-3-5(4)7(11)12;3-1-2-4;/h1-3H,(H,9,10)(H,11,12);3-4H,1-2H2;/q;-2;+4/p-2. The quantitative estimate of drug-likeness (QED) is 0.613. The molecule has 1 rings (SSSR count). The molecule has 7 nitrogen and oxygen atoms in total. The van der Waals surface area contributed by atoms with Crippen molar-refractivity contribution in [3.63, 3.8) is 0 Å². The molecule has 0 fully saturated rings. The van der Waals surface area contributed by atoms with Gasteiger partial charge in [0.05, 0.1) is 11.9 Å². The summed E-state index contributed by atoms with van der Waals surface area (Å²) in [5, 5.41) is 20.6. The molecule has 0 radical (unpaired) electrons. The van der Waals surface area contributed by atoms with E-state index in [4.69, 9.17) is 11.5 Å². The van der Waals surface area contributed by atoms with E-state index < -0.39 is 23.1 Å². The Labute approximate surface area is 112 Å². The molecule has 0 bridgehead atoms. The van der Waals surface area contributed by atoms with Crippen LogP contribution in [-0.2, 0) is 21.1 Å². The Morgan fingerprint density at radius 3 is 1.88 bits per heavy atom. The minimum absolute atomic E-state index is 0. The van der Waals surface area contributed by atoms with Gasteiger partial charge < -0.3 is 31.3 Å². The first-order valence-electron chi connectivity index (χ1n) is 4.20. The Balaban J connectivity index is 0. The largest absolute Gasteiger partial charge is 4.00 e. The molecule has 1 aromatic rings. The van der Waals surface area contributed by atoms with E-state index in [1.165, 1.54) is 0 Å². The zero-order chi connectivity index (χ0) is 12.6. The molecule has 0 unspecified atom stereocenters. The summed E-state index contributed by atoms with van der Waals surface area (Å²) in [5.74, 6) is -3.14. The number of rotatable bonds is 3. The van der Waals surface area contributed by atoms with Crippen molar-refractivity contribution in [1.82, 2.24) is 4.98 Å². The number of hydrogen-bond donors (Lipinski definition) is 0. The van der Waals surface area contributed by atoms with Crippen molar-refractivity contribution in [2.24, 2.45) is 0 Å². The maximum Gasteiger partial charge on any atom is 4.00 e. The first-order valence-corrected chi connectivity index (χ1v) is 4.20. The molecule has 94 valence electrons. The van der Waals surface area contributed by atoms with E-state index >= 15 is 0 Å². The van der Waals surface area contributed by atoms with E-state index in [0.29, 0.717) is 0 Å². The van der Waals surface area contributed by atoms with Crippen molar-refractivity contribution < 1.29 is 40.9 Å². The second-order valence-corrected chi connectivity index (χ2v) is 2.50. The van der Waals surface area contributed by atoms with Crippen LogP contribution in [0.15, 0.2) is 18.5 Å². The van der Waals surface area contributed by atoms with Crippen LogP contribution < -0.4 is 10.2 Å². The Bertz CT molecular complexity index is 338. The molecule has 0 saturated carbocycles. The number of nitrogens with one attached hydrogen (secondary N) is 2. The minimum atomic E-state index is -1.58. The molecule has 8 heteroatoms. The van der Waals surface area contributed by atoms with Crippen molar-refractivity contribution in [2.75, 3.05) is 13.1 Å². The zero-order valence-electron chi connectivity index (χ0n) is 8.54. The van der Waals surface area contributed by atoms with Crippen LogP contribution in [0, 0.1) is 0 Å². The third-order valence-corrected chi connectivity index (χ3v) is 1.39. The number of aromatic nitrogens is 1. The number of carbonyl (C=O) groups excluding carboxylic acids is 2. The molecule has 17 heavy (non-hydrogen) atoms. The summed E-state index contributed by atoms with van der Waals surface area (Å²) in [6.07, 6.45) is 2.07. The molecule has 1 heterocycles. The van der Waals surface area contributed by atoms with Gasteiger partial charge in [0.2, 0.25) is 0 Å². The summed E-state index contributed by atoms with van der Waals surface area (Å²) < 4.78 is 0. The Morgan fingerprint density at radius 2 is 1.59 bits per heavy atom. The summed E-state index contributed by atoms with van der Waals surface area (Å²) in [4.78, 5) is 24.0. The predicted molar refractivity (Wildman–Crippen MR) is 51.3 cm³/mol. The van der Waals surface area contributed by atoms with Crippen LogP contribution >= 0.6 is 0 Å². The summed E-state index contributed by atoms with van der Waals surface area (Å²) in [7, 11) is 0. The third kappa shape index (κ3) is 6.78. The van der Waals surface area contributed by atoms with Gasteiger partial charge in [-0.1, -0.05) is 0 Å². The van der Waals surface area contributed by atoms with Gasteiger partial charge in [0.15, 0.2) is 0 Å². The average molecular weight is 418 g/mol. The molecule has 0 atom stereocenters. The van der Waals surface area contributed by atoms with E-state index in [1.807, 2.05) is 0 Å². The van der Waals surface area contributed by atoms with Crippen LogP contribution in [0.25, 0.3) is 11.5 Å². The fourth-order valence-corrected chi connectivity index (χ4v) is 0.735. The normalized spacial score (nSPS) is 8.35. The topological polar surface area (TPSA) is 141 Å². The van der Waals surface area contributed by atoms with Crippen LogP contribution in [0.4, 0.5) is 0 Å². The molecule has 1 aromatic heterocycles. The van der Waals surface area contributed by atoms with Crippen molar-refractivity contribution in [3.8, 4) is 0 Å². The molecule has 0 spiro atoms. The van der Waals surface area contributed by atoms with Gasteiger partial charge in [-0.05, 0) is 6.07 Å². The third-order valence-electron chi connectivity index (χ3n) is 1.39. The van der Waals surface area contributed by atoms with Gasteiger partial charge in [0.1, 0.15) is 0 Å². The number of aromatic carboxylic acids is 2. The van der Waals surface area contributed by atoms with E-state index in [9.17, 15) is 19.8 Å². The number of nitrogens with zero attached hydrogens (tertiary/aromatic N) is 1. The average Bonchev–Trinajstić information content (AvgIpc) is 2.29.